The van der Waals surface area contributed by atoms with Crippen LogP contribution in [-0.2, 0) is 5.75 Å². The second-order valence-electron chi connectivity index (χ2n) is 5.89. The maximum absolute atomic E-state index is 12.7. The molecule has 122 valence electrons. The Morgan fingerprint density at radius 1 is 1.43 bits per heavy atom. The summed E-state index contributed by atoms with van der Waals surface area (Å²) >= 11 is 1.64. The minimum absolute atomic E-state index is 0.0693. The van der Waals surface area contributed by atoms with Gasteiger partial charge in [-0.25, -0.2) is 0 Å². The predicted octanol–water partition coefficient (Wildman–Crippen LogP) is 2.76. The lowest BCUT2D eigenvalue weighted by atomic mass is 10.2. The van der Waals surface area contributed by atoms with E-state index in [2.05, 4.69) is 5.16 Å². The minimum Gasteiger partial charge on any atom is -0.361 e. The van der Waals surface area contributed by atoms with Crippen LogP contribution in [0.2, 0.25) is 0 Å². The zero-order valence-corrected chi connectivity index (χ0v) is 14.2. The number of hydrogen-bond donors (Lipinski definition) is 1. The average Bonchev–Trinajstić information content (AvgIpc) is 3.12. The highest BCUT2D eigenvalue weighted by Gasteiger charge is 2.26. The number of amides is 1. The van der Waals surface area contributed by atoms with Gasteiger partial charge in [0.05, 0.1) is 11.3 Å². The topological polar surface area (TPSA) is 72.4 Å². The van der Waals surface area contributed by atoms with E-state index in [-0.39, 0.29) is 11.9 Å². The van der Waals surface area contributed by atoms with Crippen molar-refractivity contribution in [3.8, 4) is 0 Å². The fraction of sp³-hybridized carbons (Fsp3) is 0.412. The van der Waals surface area contributed by atoms with Crippen LogP contribution in [0.3, 0.4) is 0 Å². The lowest BCUT2D eigenvalue weighted by Crippen LogP contribution is -2.32. The molecule has 2 N–H and O–H groups in total. The van der Waals surface area contributed by atoms with Gasteiger partial charge in [0.15, 0.2) is 0 Å². The van der Waals surface area contributed by atoms with Gasteiger partial charge in [-0.15, -0.1) is 11.8 Å². The zero-order chi connectivity index (χ0) is 16.4. The number of carbonyl (C=O) groups excluding carboxylic acids is 1. The summed E-state index contributed by atoms with van der Waals surface area (Å²) in [5.74, 6) is 1.65. The van der Waals surface area contributed by atoms with E-state index < -0.39 is 0 Å². The average molecular weight is 331 g/mol. The molecule has 2 heterocycles. The van der Waals surface area contributed by atoms with E-state index in [4.69, 9.17) is 10.3 Å². The van der Waals surface area contributed by atoms with Crippen LogP contribution < -0.4 is 5.73 Å². The first kappa shape index (κ1) is 16.1. The van der Waals surface area contributed by atoms with E-state index in [9.17, 15) is 4.79 Å². The van der Waals surface area contributed by atoms with Gasteiger partial charge in [-0.2, -0.15) is 0 Å². The fourth-order valence-electron chi connectivity index (χ4n) is 2.77. The third-order valence-corrected chi connectivity index (χ3v) is 5.28. The molecule has 1 saturated heterocycles. The van der Waals surface area contributed by atoms with E-state index in [1.807, 2.05) is 43.0 Å². The molecule has 1 fully saturated rings. The third kappa shape index (κ3) is 3.43. The van der Waals surface area contributed by atoms with Crippen LogP contribution in [0.4, 0.5) is 0 Å². The van der Waals surface area contributed by atoms with Crippen molar-refractivity contribution in [2.45, 2.75) is 37.0 Å². The molecule has 2 aromatic rings. The quantitative estimate of drug-likeness (QED) is 0.872. The molecule has 0 radical (unpaired) electrons. The maximum Gasteiger partial charge on any atom is 0.255 e. The van der Waals surface area contributed by atoms with Crippen LogP contribution in [0.5, 0.6) is 0 Å². The smallest absolute Gasteiger partial charge is 0.255 e. The minimum atomic E-state index is 0.0693. The Morgan fingerprint density at radius 2 is 2.22 bits per heavy atom. The Labute approximate surface area is 140 Å². The molecular weight excluding hydrogens is 310 g/mol. The van der Waals surface area contributed by atoms with Gasteiger partial charge >= 0.3 is 0 Å². The number of nitrogens with two attached hydrogens (primary N) is 1. The summed E-state index contributed by atoms with van der Waals surface area (Å²) in [6.07, 6.45) is 0.875. The van der Waals surface area contributed by atoms with Gasteiger partial charge < -0.3 is 15.2 Å². The Hall–Kier alpha value is -1.79. The first-order chi connectivity index (χ1) is 11.1. The Kier molecular flexibility index (Phi) is 4.73. The Morgan fingerprint density at radius 3 is 2.87 bits per heavy atom. The van der Waals surface area contributed by atoms with Gasteiger partial charge in [-0.05, 0) is 32.4 Å². The normalized spacial score (nSPS) is 17.7. The number of carbonyl (C=O) groups is 1. The molecule has 0 saturated carbocycles. The standard InChI is InChI=1S/C17H21N3O2S/c1-11-15(12(2)22-19-11)10-23-16-6-4-3-5-14(16)17(21)20-8-7-13(18)9-20/h3-6,13H,7-10,18H2,1-2H3/t13-/m1/s1. The number of likely N-dealkylation sites (tertiary alicyclic amines) is 1. The second-order valence-corrected chi connectivity index (χ2v) is 6.90. The van der Waals surface area contributed by atoms with Crippen LogP contribution in [0, 0.1) is 13.8 Å². The van der Waals surface area contributed by atoms with Crippen molar-refractivity contribution in [2.24, 2.45) is 5.73 Å². The summed E-state index contributed by atoms with van der Waals surface area (Å²) in [6.45, 7) is 5.23. The van der Waals surface area contributed by atoms with E-state index in [1.54, 1.807) is 11.8 Å². The number of benzene rings is 1. The number of rotatable bonds is 4. The number of aryl methyl sites for hydroxylation is 2. The molecule has 1 aromatic carbocycles. The molecule has 3 rings (SSSR count). The number of nitrogens with zero attached hydrogens (tertiary/aromatic N) is 2. The van der Waals surface area contributed by atoms with E-state index in [1.165, 1.54) is 0 Å². The summed E-state index contributed by atoms with van der Waals surface area (Å²) in [7, 11) is 0. The molecule has 0 unspecified atom stereocenters. The molecule has 1 aliphatic rings. The largest absolute Gasteiger partial charge is 0.361 e. The molecule has 1 atom stereocenters. The van der Waals surface area contributed by atoms with E-state index in [0.717, 1.165) is 46.2 Å². The van der Waals surface area contributed by atoms with Crippen molar-refractivity contribution in [3.05, 3.63) is 46.8 Å². The van der Waals surface area contributed by atoms with Gasteiger partial charge in [-0.3, -0.25) is 4.79 Å². The van der Waals surface area contributed by atoms with Crippen LogP contribution >= 0.6 is 11.8 Å². The molecule has 1 aliphatic heterocycles. The molecule has 6 heteroatoms. The maximum atomic E-state index is 12.7. The summed E-state index contributed by atoms with van der Waals surface area (Å²) < 4.78 is 5.20. The number of hydrogen-bond acceptors (Lipinski definition) is 5. The second kappa shape index (κ2) is 6.76. The van der Waals surface area contributed by atoms with Crippen LogP contribution in [0.1, 0.15) is 33.8 Å². The van der Waals surface area contributed by atoms with Crippen molar-refractivity contribution in [1.29, 1.82) is 0 Å². The Bertz CT molecular complexity index is 694. The zero-order valence-electron chi connectivity index (χ0n) is 13.4. The third-order valence-electron chi connectivity index (χ3n) is 4.18. The van der Waals surface area contributed by atoms with Crippen molar-refractivity contribution in [1.82, 2.24) is 10.1 Å². The fourth-order valence-corrected chi connectivity index (χ4v) is 3.97. The van der Waals surface area contributed by atoms with Crippen molar-refractivity contribution < 1.29 is 9.32 Å². The van der Waals surface area contributed by atoms with Crippen molar-refractivity contribution in [3.63, 3.8) is 0 Å². The van der Waals surface area contributed by atoms with Gasteiger partial charge in [-0.1, -0.05) is 17.3 Å². The van der Waals surface area contributed by atoms with E-state index in [0.29, 0.717) is 6.54 Å². The molecular formula is C17H21N3O2S. The molecule has 0 aliphatic carbocycles. The molecule has 5 nitrogen and oxygen atoms in total. The monoisotopic (exact) mass is 331 g/mol. The van der Waals surface area contributed by atoms with Crippen LogP contribution in [0.15, 0.2) is 33.7 Å². The first-order valence-corrected chi connectivity index (χ1v) is 8.73. The van der Waals surface area contributed by atoms with Crippen LogP contribution in [-0.4, -0.2) is 35.1 Å². The number of aromatic nitrogens is 1. The molecule has 1 amide bonds. The molecule has 0 spiro atoms. The summed E-state index contributed by atoms with van der Waals surface area (Å²) in [5.41, 5.74) is 8.67. The van der Waals surface area contributed by atoms with Gasteiger partial charge in [0.1, 0.15) is 5.76 Å². The summed E-state index contributed by atoms with van der Waals surface area (Å²) in [4.78, 5) is 15.6. The van der Waals surface area contributed by atoms with Gasteiger partial charge in [0.2, 0.25) is 0 Å². The first-order valence-electron chi connectivity index (χ1n) is 7.74. The van der Waals surface area contributed by atoms with E-state index >= 15 is 0 Å². The predicted molar refractivity (Wildman–Crippen MR) is 90.5 cm³/mol. The van der Waals surface area contributed by atoms with Gasteiger partial charge in [0.25, 0.3) is 5.91 Å². The SMILES string of the molecule is Cc1noc(C)c1CSc1ccccc1C(=O)N1CC[C@@H](N)C1. The lowest BCUT2D eigenvalue weighted by Gasteiger charge is -2.17. The number of thioether (sulfide) groups is 1. The van der Waals surface area contributed by atoms with Crippen molar-refractivity contribution >= 4 is 17.7 Å². The highest BCUT2D eigenvalue weighted by Crippen LogP contribution is 2.30. The molecule has 0 bridgehead atoms. The summed E-state index contributed by atoms with van der Waals surface area (Å²) in [6, 6.07) is 7.85. The van der Waals surface area contributed by atoms with Gasteiger partial charge in [0, 0.05) is 35.3 Å². The summed E-state index contributed by atoms with van der Waals surface area (Å²) in [5, 5.41) is 3.98. The van der Waals surface area contributed by atoms with Crippen molar-refractivity contribution in [2.75, 3.05) is 13.1 Å². The Balaban J connectivity index is 1.77. The highest BCUT2D eigenvalue weighted by atomic mass is 32.2. The highest BCUT2D eigenvalue weighted by molar-refractivity contribution is 7.98. The molecule has 1 aromatic heterocycles. The lowest BCUT2D eigenvalue weighted by molar-refractivity contribution is 0.0787. The van der Waals surface area contributed by atoms with Crippen LogP contribution in [0.25, 0.3) is 0 Å². The molecule has 23 heavy (non-hydrogen) atoms.